The summed E-state index contributed by atoms with van der Waals surface area (Å²) in [6.45, 7) is 4.59. The van der Waals surface area contributed by atoms with Crippen LogP contribution in [0.1, 0.15) is 31.0 Å². The number of sulfonamides is 1. The summed E-state index contributed by atoms with van der Waals surface area (Å²) in [5.74, 6) is -1.14. The number of carbonyl (C=O) groups excluding carboxylic acids is 2. The van der Waals surface area contributed by atoms with Crippen LogP contribution in [-0.2, 0) is 19.6 Å². The SMILES string of the molecule is CC(C)COc1ccc(/C(O)=C2\C(=O)C(=O)N(c3ccc(S(N)(=O)=O)cc3)C2c2cccnc2)cc1. The molecule has 186 valence electrons. The van der Waals surface area contributed by atoms with Crippen LogP contribution in [0.15, 0.2) is 83.5 Å². The molecule has 1 unspecified atom stereocenters. The molecule has 3 N–H and O–H groups in total. The number of Topliss-reactive ketones (excluding diaryl/α,β-unsaturated/α-hetero) is 1. The van der Waals surface area contributed by atoms with Gasteiger partial charge in [0, 0.05) is 23.6 Å². The molecule has 1 aliphatic heterocycles. The molecule has 1 amide bonds. The highest BCUT2D eigenvalue weighted by Gasteiger charge is 2.47. The molecule has 2 aromatic carbocycles. The molecule has 9 nitrogen and oxygen atoms in total. The van der Waals surface area contributed by atoms with Crippen molar-refractivity contribution in [1.29, 1.82) is 0 Å². The van der Waals surface area contributed by atoms with E-state index in [1.165, 1.54) is 35.4 Å². The normalized spacial score (nSPS) is 17.6. The number of nitrogens with two attached hydrogens (primary N) is 1. The Labute approximate surface area is 208 Å². The molecule has 0 radical (unpaired) electrons. The number of aromatic nitrogens is 1. The Morgan fingerprint density at radius 2 is 1.75 bits per heavy atom. The van der Waals surface area contributed by atoms with Gasteiger partial charge in [0.1, 0.15) is 11.5 Å². The van der Waals surface area contributed by atoms with Gasteiger partial charge in [0.25, 0.3) is 11.7 Å². The first kappa shape index (κ1) is 25.1. The molecule has 1 aromatic heterocycles. The number of amides is 1. The number of ether oxygens (including phenoxy) is 1. The van der Waals surface area contributed by atoms with Crippen molar-refractivity contribution < 1.29 is 27.9 Å². The minimum absolute atomic E-state index is 0.112. The topological polar surface area (TPSA) is 140 Å². The Morgan fingerprint density at radius 3 is 2.31 bits per heavy atom. The van der Waals surface area contributed by atoms with E-state index < -0.39 is 27.8 Å². The molecular weight excluding hydrogens is 482 g/mol. The van der Waals surface area contributed by atoms with Gasteiger partial charge < -0.3 is 9.84 Å². The molecule has 36 heavy (non-hydrogen) atoms. The fourth-order valence-electron chi connectivity index (χ4n) is 3.88. The van der Waals surface area contributed by atoms with Gasteiger partial charge in [-0.1, -0.05) is 19.9 Å². The van der Waals surface area contributed by atoms with E-state index in [0.717, 1.165) is 0 Å². The molecule has 1 saturated heterocycles. The molecule has 0 bridgehead atoms. The van der Waals surface area contributed by atoms with E-state index >= 15 is 0 Å². The van der Waals surface area contributed by atoms with Crippen LogP contribution in [0.5, 0.6) is 5.75 Å². The van der Waals surface area contributed by atoms with E-state index in [-0.39, 0.29) is 21.9 Å². The van der Waals surface area contributed by atoms with Crippen molar-refractivity contribution in [3.63, 3.8) is 0 Å². The van der Waals surface area contributed by atoms with Gasteiger partial charge >= 0.3 is 0 Å². The molecule has 0 saturated carbocycles. The van der Waals surface area contributed by atoms with E-state index in [1.807, 2.05) is 13.8 Å². The van der Waals surface area contributed by atoms with Gasteiger partial charge in [-0.3, -0.25) is 19.5 Å². The molecule has 2 heterocycles. The van der Waals surface area contributed by atoms with Crippen molar-refractivity contribution in [1.82, 2.24) is 4.98 Å². The first-order valence-electron chi connectivity index (χ1n) is 11.1. The number of aliphatic hydroxyl groups excluding tert-OH is 1. The first-order valence-corrected chi connectivity index (χ1v) is 12.7. The zero-order chi connectivity index (χ0) is 26.0. The van der Waals surface area contributed by atoms with Crippen LogP contribution < -0.4 is 14.8 Å². The maximum Gasteiger partial charge on any atom is 0.300 e. The summed E-state index contributed by atoms with van der Waals surface area (Å²) in [7, 11) is -3.95. The van der Waals surface area contributed by atoms with E-state index in [1.54, 1.807) is 42.6 Å². The van der Waals surface area contributed by atoms with Gasteiger partial charge in [-0.15, -0.1) is 0 Å². The van der Waals surface area contributed by atoms with Crippen molar-refractivity contribution in [3.05, 3.63) is 89.8 Å². The number of ketones is 1. The van der Waals surface area contributed by atoms with Crippen LogP contribution in [0.2, 0.25) is 0 Å². The molecule has 1 aliphatic rings. The monoisotopic (exact) mass is 507 g/mol. The average Bonchev–Trinajstić information content (AvgIpc) is 3.13. The summed E-state index contributed by atoms with van der Waals surface area (Å²) in [4.78, 5) is 31.5. The summed E-state index contributed by atoms with van der Waals surface area (Å²) in [6.07, 6.45) is 3.05. The molecule has 0 aliphatic carbocycles. The lowest BCUT2D eigenvalue weighted by Gasteiger charge is -2.25. The molecule has 1 atom stereocenters. The Bertz CT molecular complexity index is 1420. The predicted molar refractivity (Wildman–Crippen MR) is 134 cm³/mol. The molecule has 3 aromatic rings. The summed E-state index contributed by atoms with van der Waals surface area (Å²) in [5.41, 5.74) is 0.975. The maximum atomic E-state index is 13.2. The van der Waals surface area contributed by atoms with Crippen LogP contribution in [0.3, 0.4) is 0 Å². The number of benzene rings is 2. The van der Waals surface area contributed by atoms with Gasteiger partial charge in [0.15, 0.2) is 0 Å². The number of carbonyl (C=O) groups is 2. The van der Waals surface area contributed by atoms with Crippen molar-refractivity contribution in [2.24, 2.45) is 11.1 Å². The second-order valence-electron chi connectivity index (χ2n) is 8.72. The lowest BCUT2D eigenvalue weighted by Crippen LogP contribution is -2.29. The zero-order valence-electron chi connectivity index (χ0n) is 19.7. The number of rotatable bonds is 7. The standard InChI is InChI=1S/C26H25N3O6S/c1-16(2)15-35-20-9-5-17(6-10-20)24(30)22-23(18-4-3-13-28-14-18)29(26(32)25(22)31)19-7-11-21(12-8-19)36(27,33)34/h3-14,16,23,30H,15H2,1-2H3,(H2,27,33,34)/b24-22+. The maximum absolute atomic E-state index is 13.2. The molecular formula is C26H25N3O6S. The summed E-state index contributed by atoms with van der Waals surface area (Å²) in [5, 5.41) is 16.4. The Hall–Kier alpha value is -4.02. The molecule has 1 fully saturated rings. The summed E-state index contributed by atoms with van der Waals surface area (Å²) < 4.78 is 29.0. The highest BCUT2D eigenvalue weighted by molar-refractivity contribution is 7.89. The minimum Gasteiger partial charge on any atom is -0.507 e. The third kappa shape index (κ3) is 5.00. The molecule has 10 heteroatoms. The van der Waals surface area contributed by atoms with Gasteiger partial charge in [0.2, 0.25) is 10.0 Å². The van der Waals surface area contributed by atoms with Crippen LogP contribution >= 0.6 is 0 Å². The first-order chi connectivity index (χ1) is 17.1. The van der Waals surface area contributed by atoms with Crippen LogP contribution in [0.4, 0.5) is 5.69 Å². The van der Waals surface area contributed by atoms with Crippen molar-refractivity contribution >= 4 is 33.2 Å². The number of hydrogen-bond acceptors (Lipinski definition) is 7. The number of nitrogens with zero attached hydrogens (tertiary/aromatic N) is 2. The van der Waals surface area contributed by atoms with Crippen molar-refractivity contribution in [2.45, 2.75) is 24.8 Å². The minimum atomic E-state index is -3.95. The quantitative estimate of drug-likeness (QED) is 0.284. The number of aliphatic hydroxyl groups is 1. The largest absolute Gasteiger partial charge is 0.507 e. The van der Waals surface area contributed by atoms with Gasteiger partial charge in [-0.2, -0.15) is 0 Å². The lowest BCUT2D eigenvalue weighted by atomic mass is 9.96. The van der Waals surface area contributed by atoms with E-state index in [2.05, 4.69) is 4.98 Å². The Morgan fingerprint density at radius 1 is 1.08 bits per heavy atom. The predicted octanol–water partition coefficient (Wildman–Crippen LogP) is 3.39. The van der Waals surface area contributed by atoms with Gasteiger partial charge in [-0.25, -0.2) is 13.6 Å². The number of primary sulfonamides is 1. The van der Waals surface area contributed by atoms with Gasteiger partial charge in [-0.05, 0) is 66.1 Å². The van der Waals surface area contributed by atoms with Gasteiger partial charge in [0.05, 0.1) is 23.1 Å². The third-order valence-electron chi connectivity index (χ3n) is 5.60. The second-order valence-corrected chi connectivity index (χ2v) is 10.3. The third-order valence-corrected chi connectivity index (χ3v) is 6.53. The van der Waals surface area contributed by atoms with Crippen LogP contribution in [0, 0.1) is 5.92 Å². The Kier molecular flexibility index (Phi) is 6.91. The molecule has 4 rings (SSSR count). The van der Waals surface area contributed by atoms with Crippen molar-refractivity contribution in [3.8, 4) is 5.75 Å². The molecule has 0 spiro atoms. The zero-order valence-corrected chi connectivity index (χ0v) is 20.5. The summed E-state index contributed by atoms with van der Waals surface area (Å²) in [6, 6.07) is 14.2. The Balaban J connectivity index is 1.80. The average molecular weight is 508 g/mol. The summed E-state index contributed by atoms with van der Waals surface area (Å²) >= 11 is 0. The van der Waals surface area contributed by atoms with E-state index in [9.17, 15) is 23.1 Å². The second kappa shape index (κ2) is 9.92. The van der Waals surface area contributed by atoms with Crippen molar-refractivity contribution in [2.75, 3.05) is 11.5 Å². The number of pyridine rings is 1. The highest BCUT2D eigenvalue weighted by atomic mass is 32.2. The van der Waals surface area contributed by atoms with Crippen LogP contribution in [0.25, 0.3) is 5.76 Å². The number of anilines is 1. The fourth-order valence-corrected chi connectivity index (χ4v) is 4.39. The van der Waals surface area contributed by atoms with Crippen LogP contribution in [-0.4, -0.2) is 36.8 Å². The smallest absolute Gasteiger partial charge is 0.300 e. The number of hydrogen-bond donors (Lipinski definition) is 2. The fraction of sp³-hybridized carbons (Fsp3) is 0.192. The highest BCUT2D eigenvalue weighted by Crippen LogP contribution is 2.42. The van der Waals surface area contributed by atoms with E-state index in [0.29, 0.717) is 29.4 Å². The lowest BCUT2D eigenvalue weighted by molar-refractivity contribution is -0.132. The van der Waals surface area contributed by atoms with E-state index in [4.69, 9.17) is 9.88 Å².